The van der Waals surface area contributed by atoms with Crippen LogP contribution < -0.4 is 19.3 Å². The molecule has 8 rings (SSSR count). The number of fused-ring (bicyclic) bond motifs is 2. The van der Waals surface area contributed by atoms with Crippen LogP contribution in [0.15, 0.2) is 78.9 Å². The van der Waals surface area contributed by atoms with Crippen LogP contribution in [-0.2, 0) is 6.54 Å². The minimum absolute atomic E-state index is 0.0804. The fraction of sp³-hybridized carbons (Fsp3) is 0.390. The molecule has 4 aromatic rings. The number of halogens is 1. The van der Waals surface area contributed by atoms with Gasteiger partial charge in [0.05, 0.1) is 19.4 Å². The van der Waals surface area contributed by atoms with Gasteiger partial charge in [-0.3, -0.25) is 9.69 Å². The number of amides is 1. The van der Waals surface area contributed by atoms with Gasteiger partial charge in [0, 0.05) is 94.1 Å². The number of piperazine rings is 1. The number of phenols is 1. The van der Waals surface area contributed by atoms with Crippen molar-refractivity contribution in [3.63, 3.8) is 0 Å². The van der Waals surface area contributed by atoms with Gasteiger partial charge >= 0.3 is 0 Å². The molecule has 2 saturated heterocycles. The molecule has 260 valence electrons. The number of hydrogen-bond donors (Lipinski definition) is 1. The number of nitrogens with zero attached hydrogens (tertiary/aromatic N) is 4. The Kier molecular flexibility index (Phi) is 8.77. The van der Waals surface area contributed by atoms with E-state index in [2.05, 4.69) is 51.1 Å². The third kappa shape index (κ3) is 6.23. The Bertz CT molecular complexity index is 1870. The van der Waals surface area contributed by atoms with E-state index in [1.807, 2.05) is 24.3 Å². The molecule has 4 aromatic carbocycles. The number of hydrogen-bond acceptors (Lipinski definition) is 7. The normalized spacial score (nSPS) is 21.2. The lowest BCUT2D eigenvalue weighted by Crippen LogP contribution is -2.49. The first kappa shape index (κ1) is 32.4. The fourth-order valence-corrected chi connectivity index (χ4v) is 8.48. The molecule has 2 atom stereocenters. The predicted molar refractivity (Wildman–Crippen MR) is 193 cm³/mol. The van der Waals surface area contributed by atoms with Crippen LogP contribution >= 0.6 is 0 Å². The SMILES string of the molecule is COc1cccc(C2COc3cc(O)ccc3C2c2ccc(N3CCC(CN4CCN(c5cc6c(cc5F)C(=O)N(C)C6)CC4)CC3)cc2)c1. The van der Waals surface area contributed by atoms with E-state index in [-0.39, 0.29) is 29.3 Å². The molecular weight excluding hydrogens is 631 g/mol. The van der Waals surface area contributed by atoms with Crippen LogP contribution in [0.4, 0.5) is 15.8 Å². The molecule has 8 nitrogen and oxygen atoms in total. The molecule has 0 radical (unpaired) electrons. The maximum Gasteiger partial charge on any atom is 0.254 e. The highest BCUT2D eigenvalue weighted by Gasteiger charge is 2.34. The molecule has 0 saturated carbocycles. The Balaban J connectivity index is 0.886. The molecule has 0 spiro atoms. The average Bonchev–Trinajstić information content (AvgIpc) is 3.42. The number of ether oxygens (including phenoxy) is 2. The van der Waals surface area contributed by atoms with E-state index in [1.54, 1.807) is 31.2 Å². The molecule has 2 unspecified atom stereocenters. The lowest BCUT2D eigenvalue weighted by atomic mass is 9.76. The Morgan fingerprint density at radius 3 is 2.42 bits per heavy atom. The number of methoxy groups -OCH3 is 1. The zero-order valence-electron chi connectivity index (χ0n) is 28.9. The Labute approximate surface area is 293 Å². The summed E-state index contributed by atoms with van der Waals surface area (Å²) in [5.74, 6) is 2.22. The van der Waals surface area contributed by atoms with Crippen molar-refractivity contribution < 1.29 is 23.8 Å². The molecule has 4 heterocycles. The van der Waals surface area contributed by atoms with Crippen LogP contribution in [-0.4, -0.2) is 87.4 Å². The molecule has 0 aliphatic carbocycles. The number of anilines is 2. The highest BCUT2D eigenvalue weighted by molar-refractivity contribution is 5.98. The number of piperidine rings is 1. The minimum Gasteiger partial charge on any atom is -0.508 e. The summed E-state index contributed by atoms with van der Waals surface area (Å²) >= 11 is 0. The number of rotatable bonds is 7. The first-order valence-corrected chi connectivity index (χ1v) is 17.8. The van der Waals surface area contributed by atoms with E-state index in [1.165, 1.54) is 22.9 Å². The van der Waals surface area contributed by atoms with Crippen molar-refractivity contribution in [1.29, 1.82) is 0 Å². The second kappa shape index (κ2) is 13.5. The number of carbonyl (C=O) groups excluding carboxylic acids is 1. The molecule has 0 aromatic heterocycles. The fourth-order valence-electron chi connectivity index (χ4n) is 8.48. The van der Waals surface area contributed by atoms with Gasteiger partial charge in [-0.15, -0.1) is 0 Å². The Morgan fingerprint density at radius 2 is 1.66 bits per heavy atom. The first-order chi connectivity index (χ1) is 24.3. The summed E-state index contributed by atoms with van der Waals surface area (Å²) in [5, 5.41) is 10.2. The lowest BCUT2D eigenvalue weighted by Gasteiger charge is -2.40. The van der Waals surface area contributed by atoms with Crippen LogP contribution in [0.25, 0.3) is 0 Å². The lowest BCUT2D eigenvalue weighted by molar-refractivity contribution is 0.0816. The predicted octanol–water partition coefficient (Wildman–Crippen LogP) is 6.47. The highest BCUT2D eigenvalue weighted by atomic mass is 19.1. The summed E-state index contributed by atoms with van der Waals surface area (Å²) in [4.78, 5) is 21.1. The van der Waals surface area contributed by atoms with Crippen LogP contribution in [0.5, 0.6) is 17.2 Å². The molecule has 0 bridgehead atoms. The van der Waals surface area contributed by atoms with E-state index >= 15 is 4.39 Å². The van der Waals surface area contributed by atoms with Gasteiger partial charge in [-0.2, -0.15) is 0 Å². The topological polar surface area (TPSA) is 68.7 Å². The number of carbonyl (C=O) groups is 1. The Morgan fingerprint density at radius 1 is 0.880 bits per heavy atom. The van der Waals surface area contributed by atoms with Gasteiger partial charge in [-0.25, -0.2) is 4.39 Å². The van der Waals surface area contributed by atoms with Crippen molar-refractivity contribution in [3.8, 4) is 17.2 Å². The van der Waals surface area contributed by atoms with Crippen molar-refractivity contribution in [1.82, 2.24) is 9.80 Å². The van der Waals surface area contributed by atoms with E-state index < -0.39 is 0 Å². The van der Waals surface area contributed by atoms with Gasteiger partial charge in [-0.1, -0.05) is 30.3 Å². The van der Waals surface area contributed by atoms with E-state index in [0.717, 1.165) is 81.3 Å². The molecular formula is C41H45FN4O4. The quantitative estimate of drug-likeness (QED) is 0.241. The van der Waals surface area contributed by atoms with E-state index in [4.69, 9.17) is 9.47 Å². The summed E-state index contributed by atoms with van der Waals surface area (Å²) in [6.07, 6.45) is 2.30. The summed E-state index contributed by atoms with van der Waals surface area (Å²) < 4.78 is 26.8. The molecule has 2 fully saturated rings. The maximum absolute atomic E-state index is 15.0. The van der Waals surface area contributed by atoms with Gasteiger partial charge < -0.3 is 29.3 Å². The number of aromatic hydroxyl groups is 1. The van der Waals surface area contributed by atoms with E-state index in [9.17, 15) is 9.90 Å². The molecule has 4 aliphatic rings. The van der Waals surface area contributed by atoms with Crippen LogP contribution in [0.1, 0.15) is 57.3 Å². The van der Waals surface area contributed by atoms with Crippen LogP contribution in [0, 0.1) is 11.7 Å². The van der Waals surface area contributed by atoms with E-state index in [0.29, 0.717) is 30.3 Å². The maximum atomic E-state index is 15.0. The summed E-state index contributed by atoms with van der Waals surface area (Å²) in [6.45, 7) is 7.63. The smallest absolute Gasteiger partial charge is 0.254 e. The monoisotopic (exact) mass is 676 g/mol. The zero-order valence-corrected chi connectivity index (χ0v) is 28.9. The first-order valence-electron chi connectivity index (χ1n) is 17.8. The van der Waals surface area contributed by atoms with Gasteiger partial charge in [0.1, 0.15) is 23.1 Å². The summed E-state index contributed by atoms with van der Waals surface area (Å²) in [6, 6.07) is 26.1. The van der Waals surface area contributed by atoms with Crippen molar-refractivity contribution >= 4 is 17.3 Å². The molecule has 9 heteroatoms. The van der Waals surface area contributed by atoms with Crippen LogP contribution in [0.2, 0.25) is 0 Å². The number of benzene rings is 4. The highest BCUT2D eigenvalue weighted by Crippen LogP contribution is 2.47. The van der Waals surface area contributed by atoms with Crippen LogP contribution in [0.3, 0.4) is 0 Å². The van der Waals surface area contributed by atoms with Gasteiger partial charge in [0.2, 0.25) is 0 Å². The van der Waals surface area contributed by atoms with Crippen molar-refractivity contribution in [2.45, 2.75) is 31.2 Å². The summed E-state index contributed by atoms with van der Waals surface area (Å²) in [5.41, 5.74) is 6.78. The Hall–Kier alpha value is -4.76. The molecule has 4 aliphatic heterocycles. The van der Waals surface area contributed by atoms with Gasteiger partial charge in [0.15, 0.2) is 0 Å². The van der Waals surface area contributed by atoms with Crippen molar-refractivity contribution in [2.75, 3.05) is 76.4 Å². The molecule has 1 amide bonds. The molecule has 50 heavy (non-hydrogen) atoms. The summed E-state index contributed by atoms with van der Waals surface area (Å²) in [7, 11) is 3.46. The molecule has 1 N–H and O–H groups in total. The van der Waals surface area contributed by atoms with Gasteiger partial charge in [-0.05, 0) is 77.9 Å². The van der Waals surface area contributed by atoms with Crippen molar-refractivity contribution in [2.24, 2.45) is 5.92 Å². The third-order valence-corrected chi connectivity index (χ3v) is 11.3. The zero-order chi connectivity index (χ0) is 34.4. The van der Waals surface area contributed by atoms with Crippen molar-refractivity contribution in [3.05, 3.63) is 112 Å². The second-order valence-electron chi connectivity index (χ2n) is 14.3. The number of phenolic OH excluding ortho intramolecular Hbond substituents is 1. The second-order valence-corrected chi connectivity index (χ2v) is 14.3. The average molecular weight is 677 g/mol. The standard InChI is InChI=1S/C41H45FN4O4/c1-43-25-30-21-38(37(42)23-35(30)41(43)48)46-18-16-44(17-19-46)24-27-12-14-45(15-13-27)31-8-6-28(7-9-31)40-34-11-10-32(47)22-39(34)50-26-36(40)29-4-3-5-33(20-29)49-2/h3-11,20-23,27,36,40,47H,12-19,24-26H2,1-2H3. The minimum atomic E-state index is -0.296. The third-order valence-electron chi connectivity index (χ3n) is 11.3. The largest absolute Gasteiger partial charge is 0.508 e. The van der Waals surface area contributed by atoms with Gasteiger partial charge in [0.25, 0.3) is 5.91 Å².